The van der Waals surface area contributed by atoms with E-state index in [0.717, 1.165) is 60.9 Å². The molecule has 8 rings (SSSR count). The smallest absolute Gasteiger partial charge is 0.338 e. The monoisotopic (exact) mass is 896 g/mol. The Morgan fingerprint density at radius 2 is 1.08 bits per heavy atom. The lowest BCUT2D eigenvalue weighted by atomic mass is 9.99. The van der Waals surface area contributed by atoms with E-state index in [0.29, 0.717) is 53.7 Å². The van der Waals surface area contributed by atoms with Crippen molar-refractivity contribution >= 4 is 62.9 Å². The van der Waals surface area contributed by atoms with Crippen molar-refractivity contribution in [3.8, 4) is 11.5 Å². The average Bonchev–Trinajstić information content (AvgIpc) is 3.88. The van der Waals surface area contributed by atoms with Crippen molar-refractivity contribution in [2.75, 3.05) is 27.4 Å². The number of carbonyl (C=O) groups excluding carboxylic acids is 3. The zero-order valence-corrected chi connectivity index (χ0v) is 37.1. The van der Waals surface area contributed by atoms with Gasteiger partial charge in [0.15, 0.2) is 0 Å². The predicted molar refractivity (Wildman–Crippen MR) is 250 cm³/mol. The molecule has 12 heteroatoms. The largest absolute Gasteiger partial charge is 0.508 e. The molecule has 10 nitrogen and oxygen atoms in total. The van der Waals surface area contributed by atoms with Crippen LogP contribution in [0.15, 0.2) is 146 Å². The van der Waals surface area contributed by atoms with Crippen LogP contribution in [-0.4, -0.2) is 59.6 Å². The summed E-state index contributed by atoms with van der Waals surface area (Å²) in [6.07, 6.45) is 5.30. The van der Waals surface area contributed by atoms with Crippen LogP contribution in [0.3, 0.4) is 0 Å². The highest BCUT2D eigenvalue weighted by Crippen LogP contribution is 2.27. The maximum Gasteiger partial charge on any atom is 0.338 e. The number of benzene rings is 6. The lowest BCUT2D eigenvalue weighted by molar-refractivity contribution is -0.141. The Morgan fingerprint density at radius 1 is 0.562 bits per heavy atom. The second-order valence-corrected chi connectivity index (χ2v) is 16.0. The first-order chi connectivity index (χ1) is 31.0. The molecule has 326 valence electrons. The summed E-state index contributed by atoms with van der Waals surface area (Å²) in [6, 6.07) is 42.5. The first kappa shape index (κ1) is 45.0. The molecular formula is C52H46Cl2N2O8. The van der Waals surface area contributed by atoms with Gasteiger partial charge in [0.05, 0.1) is 25.3 Å². The molecule has 6 aromatic carbocycles. The van der Waals surface area contributed by atoms with Crippen LogP contribution in [0.25, 0.3) is 21.8 Å². The third-order valence-corrected chi connectivity index (χ3v) is 11.1. The third-order valence-electron chi connectivity index (χ3n) is 10.6. The molecule has 0 aliphatic carbocycles. The van der Waals surface area contributed by atoms with E-state index in [9.17, 15) is 19.5 Å². The molecule has 0 saturated heterocycles. The Labute approximate surface area is 381 Å². The highest BCUT2D eigenvalue weighted by Gasteiger charge is 2.16. The number of aromatic nitrogens is 2. The van der Waals surface area contributed by atoms with E-state index in [1.54, 1.807) is 36.4 Å². The van der Waals surface area contributed by atoms with E-state index in [4.69, 9.17) is 42.1 Å². The molecule has 0 radical (unpaired) electrons. The number of nitrogens with zero attached hydrogens (tertiary/aromatic N) is 2. The molecule has 8 aromatic rings. The molecule has 0 amide bonds. The van der Waals surface area contributed by atoms with Crippen molar-refractivity contribution in [1.29, 1.82) is 0 Å². The molecule has 0 spiro atoms. The van der Waals surface area contributed by atoms with Gasteiger partial charge >= 0.3 is 17.9 Å². The highest BCUT2D eigenvalue weighted by atomic mass is 35.5. The van der Waals surface area contributed by atoms with Crippen LogP contribution in [0.5, 0.6) is 11.5 Å². The van der Waals surface area contributed by atoms with Gasteiger partial charge in [-0.05, 0) is 142 Å². The molecule has 64 heavy (non-hydrogen) atoms. The van der Waals surface area contributed by atoms with Crippen LogP contribution < -0.4 is 4.74 Å². The number of esters is 3. The number of fused-ring (bicyclic) bond motifs is 2. The van der Waals surface area contributed by atoms with E-state index in [1.165, 1.54) is 21.1 Å². The van der Waals surface area contributed by atoms with Gasteiger partial charge in [-0.15, -0.1) is 0 Å². The van der Waals surface area contributed by atoms with Gasteiger partial charge in [-0.25, -0.2) is 9.59 Å². The van der Waals surface area contributed by atoms with Gasteiger partial charge in [0.2, 0.25) is 0 Å². The number of ether oxygens (including phenoxy) is 4. The maximum atomic E-state index is 12.2. The average molecular weight is 898 g/mol. The predicted octanol–water partition coefficient (Wildman–Crippen LogP) is 11.1. The van der Waals surface area contributed by atoms with Gasteiger partial charge in [-0.2, -0.15) is 0 Å². The Hall–Kier alpha value is -7.01. The molecule has 0 aliphatic rings. The fourth-order valence-electron chi connectivity index (χ4n) is 7.57. The van der Waals surface area contributed by atoms with E-state index in [1.807, 2.05) is 54.7 Å². The molecular weight excluding hydrogens is 851 g/mol. The number of hydrogen-bond acceptors (Lipinski definition) is 8. The van der Waals surface area contributed by atoms with Crippen molar-refractivity contribution in [3.63, 3.8) is 0 Å². The molecule has 0 aliphatic heterocycles. The first-order valence-electron chi connectivity index (χ1n) is 20.5. The van der Waals surface area contributed by atoms with Gasteiger partial charge < -0.3 is 33.2 Å². The van der Waals surface area contributed by atoms with Crippen LogP contribution in [0.1, 0.15) is 61.0 Å². The summed E-state index contributed by atoms with van der Waals surface area (Å²) in [4.78, 5) is 35.1. The molecule has 0 bridgehead atoms. The normalized spacial score (nSPS) is 10.9. The topological polar surface area (TPSA) is 118 Å². The lowest BCUT2D eigenvalue weighted by Crippen LogP contribution is -2.09. The molecule has 0 fully saturated rings. The molecule has 0 unspecified atom stereocenters. The zero-order valence-electron chi connectivity index (χ0n) is 35.6. The minimum absolute atomic E-state index is 0.223. The van der Waals surface area contributed by atoms with Crippen molar-refractivity contribution in [1.82, 2.24) is 9.13 Å². The van der Waals surface area contributed by atoms with E-state index < -0.39 is 5.97 Å². The maximum absolute atomic E-state index is 12.2. The Balaban J connectivity index is 0.000000195. The number of phenolic OH excluding ortho intramolecular Hbond substituents is 1. The van der Waals surface area contributed by atoms with Crippen LogP contribution >= 0.6 is 23.2 Å². The number of halogens is 2. The number of rotatable bonds is 14. The van der Waals surface area contributed by atoms with Crippen molar-refractivity contribution in [2.45, 2.75) is 32.9 Å². The van der Waals surface area contributed by atoms with Gasteiger partial charge in [0.25, 0.3) is 0 Å². The number of methoxy groups -OCH3 is 2. The SMILES string of the molecule is COC(=O)c1cc(Cl)ccc1Cc1ccc2c(ccn2Cc2cccc(O)c2)c1.COC(=O)c1cc(Cl)ccc1Cc1ccc2c(ccn2Cc2cccc(OCCOC(C)=O)c2)c1. The van der Waals surface area contributed by atoms with E-state index in [-0.39, 0.29) is 24.3 Å². The lowest BCUT2D eigenvalue weighted by Gasteiger charge is -2.11. The number of carbonyl (C=O) groups is 3. The Kier molecular flexibility index (Phi) is 14.7. The molecule has 2 heterocycles. The number of aromatic hydroxyl groups is 1. The second-order valence-electron chi connectivity index (χ2n) is 15.1. The standard InChI is InChI=1S/C28H26ClNO5.C24H20ClNO3/c1-19(31)34-12-13-35-25-5-3-4-21(16-25)18-30-11-10-23-15-20(6-9-27(23)30)14-22-7-8-24(29)17-26(22)28(32)33-2;1-29-24(28)22-14-20(25)7-6-18(22)11-16-5-8-23-19(12-16)9-10-26(23)15-17-3-2-4-21(27)13-17/h3-11,15-17H,12-14,18H2,1-2H3;2-10,12-14,27H,11,15H2,1H3. The Bertz CT molecular complexity index is 2950. The summed E-state index contributed by atoms with van der Waals surface area (Å²) >= 11 is 12.1. The van der Waals surface area contributed by atoms with Crippen LogP contribution in [0.2, 0.25) is 10.0 Å². The van der Waals surface area contributed by atoms with Crippen LogP contribution in [0, 0.1) is 0 Å². The summed E-state index contributed by atoms with van der Waals surface area (Å²) in [7, 11) is 2.74. The van der Waals surface area contributed by atoms with Crippen molar-refractivity contribution < 1.29 is 38.4 Å². The van der Waals surface area contributed by atoms with Gasteiger partial charge in [-0.3, -0.25) is 4.79 Å². The van der Waals surface area contributed by atoms with Gasteiger partial charge in [0.1, 0.15) is 24.7 Å². The van der Waals surface area contributed by atoms with Gasteiger partial charge in [-0.1, -0.05) is 71.7 Å². The first-order valence-corrected chi connectivity index (χ1v) is 21.2. The van der Waals surface area contributed by atoms with E-state index in [2.05, 4.69) is 63.9 Å². The summed E-state index contributed by atoms with van der Waals surface area (Å²) in [5, 5.41) is 12.9. The third kappa shape index (κ3) is 11.5. The second kappa shape index (κ2) is 20.9. The number of hydrogen-bond donors (Lipinski definition) is 1. The molecule has 1 N–H and O–H groups in total. The quantitative estimate of drug-likeness (QED) is 0.0651. The van der Waals surface area contributed by atoms with E-state index >= 15 is 0 Å². The zero-order chi connectivity index (χ0) is 45.2. The van der Waals surface area contributed by atoms with Crippen LogP contribution in [0.4, 0.5) is 0 Å². The summed E-state index contributed by atoms with van der Waals surface area (Å²) in [6.45, 7) is 3.28. The highest BCUT2D eigenvalue weighted by molar-refractivity contribution is 6.31. The fraction of sp³-hybridized carbons (Fsp3) is 0.173. The van der Waals surface area contributed by atoms with Crippen molar-refractivity contribution in [2.24, 2.45) is 0 Å². The van der Waals surface area contributed by atoms with Gasteiger partial charge in [0, 0.05) is 53.5 Å². The van der Waals surface area contributed by atoms with Crippen molar-refractivity contribution in [3.05, 3.63) is 200 Å². The summed E-state index contributed by atoms with van der Waals surface area (Å²) in [5.41, 5.74) is 9.25. The summed E-state index contributed by atoms with van der Waals surface area (Å²) in [5.74, 6) is -0.0985. The summed E-state index contributed by atoms with van der Waals surface area (Å²) < 4.78 is 24.7. The molecule has 0 atom stereocenters. The minimum atomic E-state index is -0.396. The minimum Gasteiger partial charge on any atom is -0.508 e. The fourth-order valence-corrected chi connectivity index (χ4v) is 7.91. The molecule has 0 saturated carbocycles. The number of phenols is 1. The van der Waals surface area contributed by atoms with Crippen LogP contribution in [-0.2, 0) is 44.9 Å². The molecule has 2 aromatic heterocycles. The Morgan fingerprint density at radius 3 is 1.58 bits per heavy atom.